The van der Waals surface area contributed by atoms with E-state index >= 15 is 19.2 Å². The highest BCUT2D eigenvalue weighted by atomic mass is 35.5. The van der Waals surface area contributed by atoms with E-state index in [1.807, 2.05) is 20.8 Å². The van der Waals surface area contributed by atoms with Crippen LogP contribution in [0.3, 0.4) is 0 Å². The second-order valence-corrected chi connectivity index (χ2v) is 29.8. The zero-order valence-electron chi connectivity index (χ0n) is 61.7. The zero-order valence-corrected chi connectivity index (χ0v) is 63.2. The van der Waals surface area contributed by atoms with Crippen molar-refractivity contribution in [2.24, 2.45) is 17.4 Å². The summed E-state index contributed by atoms with van der Waals surface area (Å²) >= 11 is 14.3. The molecule has 0 saturated carbocycles. The summed E-state index contributed by atoms with van der Waals surface area (Å²) in [5.74, 6) is -16.1. The summed E-state index contributed by atoms with van der Waals surface area (Å²) in [5, 5.41) is 127. The third-order valence-electron chi connectivity index (χ3n) is 19.9. The Kier molecular flexibility index (Phi) is 25.4. The van der Waals surface area contributed by atoms with Gasteiger partial charge in [-0.2, -0.15) is 0 Å². The van der Waals surface area contributed by atoms with Crippen molar-refractivity contribution >= 4 is 82.1 Å². The number of primary amides is 1. The van der Waals surface area contributed by atoms with Gasteiger partial charge in [-0.15, -0.1) is 0 Å². The molecule has 0 radical (unpaired) electrons. The molecule has 3 unspecified atom stereocenters. The van der Waals surface area contributed by atoms with Gasteiger partial charge in [0.2, 0.25) is 65.2 Å². The van der Waals surface area contributed by atoms with Crippen LogP contribution in [-0.2, 0) is 57.4 Å². The summed E-state index contributed by atoms with van der Waals surface area (Å²) in [6.45, 7) is 8.45. The van der Waals surface area contributed by atoms with Gasteiger partial charge in [0, 0.05) is 34.8 Å². The lowest BCUT2D eigenvalue weighted by Crippen LogP contribution is -2.64. The Hall–Kier alpha value is -10.5. The topological polar surface area (TPSA) is 551 Å². The largest absolute Gasteiger partial charge is 0.508 e. The molecule has 113 heavy (non-hydrogen) atoms. The molecule has 6 aromatic carbocycles. The maximum atomic E-state index is 16.3. The highest BCUT2D eigenvalue weighted by Gasteiger charge is 2.52. The molecule has 35 nitrogen and oxygen atoms in total. The maximum Gasteiger partial charge on any atom is 0.248 e. The van der Waals surface area contributed by atoms with Crippen LogP contribution >= 0.6 is 23.2 Å². The lowest BCUT2D eigenvalue weighted by Gasteiger charge is -2.47. The van der Waals surface area contributed by atoms with Crippen LogP contribution in [-0.4, -0.2) is 198 Å². The summed E-state index contributed by atoms with van der Waals surface area (Å²) in [7, 11) is 1.47. The summed E-state index contributed by atoms with van der Waals surface area (Å²) in [4.78, 5) is 134. The van der Waals surface area contributed by atoms with E-state index in [-0.39, 0.29) is 46.2 Å². The summed E-state index contributed by atoms with van der Waals surface area (Å²) < 4.78 is 38.6. The first-order valence-corrected chi connectivity index (χ1v) is 36.6. The second kappa shape index (κ2) is 34.4. The standard InChI is InChI=1S/C76H87Cl2N11O24/c1-29(2)16-43(81-7)68(101)88-59-61(96)34-10-14-47(40(77)19-34)109-49-21-36-22-50(65(49)113-75-66(64(99)63(98)51(28-90)111-75)112-54-26-76(6,80)67(100)32(5)108-54)110-48-15-11-35(20-41(48)78)62(97)60-74(107)87-58(70(103)82-27-53(95)83-42-12-8-30(3)17-31(42)4)39-23-37(91)24-46(93)55(39)38-18-33(9-13-45(38)92)56(71(104)89-60)86-72(105)57(36)85-69(102)44(25-52(79)94)84-73(59)106/h8-15,17-24,29,32,43-44,51,54,56-64,66-67,75,81,90-93,96-100H,16,25-28,80H2,1-7H3,(H2,79,94)(H,82,103)(H,83,95)(H,84,106)(H,85,102)(H,86,105)(H,87,107)(H,88,101)(H,89,104)/t32-,43+,44-,51+,54?,56+,57?,58?,59+,60-,61+,62+,63+,64-,66+,67+,75-,76-/m0/s1. The number of anilines is 1. The zero-order chi connectivity index (χ0) is 82.1. The summed E-state index contributed by atoms with van der Waals surface area (Å²) in [6.07, 6.45) is -18.7. The molecule has 2 fully saturated rings. The molecule has 2 saturated heterocycles. The number of nitrogens with two attached hydrogens (primary N) is 2. The van der Waals surface area contributed by atoms with Crippen molar-refractivity contribution in [3.8, 4) is 57.1 Å². The number of aryl methyl sites for hydroxylation is 2. The van der Waals surface area contributed by atoms with E-state index in [9.17, 15) is 69.9 Å². The number of benzene rings is 6. The lowest BCUT2D eigenvalue weighted by atomic mass is 9.86. The van der Waals surface area contributed by atoms with E-state index in [1.165, 1.54) is 33.0 Å². The number of rotatable bonds is 16. The molecule has 22 N–H and O–H groups in total. The monoisotopic (exact) mass is 1610 g/mol. The number of phenolic OH excluding ortho intramolecular Hbond substituents is 3. The van der Waals surface area contributed by atoms with Gasteiger partial charge < -0.3 is 134 Å². The van der Waals surface area contributed by atoms with Gasteiger partial charge in [0.25, 0.3) is 0 Å². The van der Waals surface area contributed by atoms with Crippen LogP contribution < -0.4 is 73.5 Å². The van der Waals surface area contributed by atoms with Gasteiger partial charge >= 0.3 is 0 Å². The molecule has 604 valence electrons. The van der Waals surface area contributed by atoms with Crippen LogP contribution in [0.4, 0.5) is 5.69 Å². The fraction of sp³-hybridized carbons (Fsp3) is 0.408. The Morgan fingerprint density at radius 1 is 0.699 bits per heavy atom. The number of phenols is 3. The van der Waals surface area contributed by atoms with Crippen LogP contribution in [0.15, 0.2) is 97.1 Å². The summed E-state index contributed by atoms with van der Waals surface area (Å²) in [6, 6.07) is 4.74. The maximum absolute atomic E-state index is 16.3. The molecular weight excluding hydrogens is 1520 g/mol. The first kappa shape index (κ1) is 83.4. The van der Waals surface area contributed by atoms with Crippen LogP contribution in [0.5, 0.6) is 46.0 Å². The number of aliphatic hydroxyl groups is 6. The van der Waals surface area contributed by atoms with Crippen LogP contribution in [0.25, 0.3) is 11.1 Å². The number of hydrogen-bond acceptors (Lipinski definition) is 26. The van der Waals surface area contributed by atoms with Gasteiger partial charge in [-0.3, -0.25) is 43.2 Å². The first-order chi connectivity index (χ1) is 53.4. The molecule has 37 heteroatoms. The number of halogens is 2. The fourth-order valence-electron chi connectivity index (χ4n) is 13.9. The van der Waals surface area contributed by atoms with Gasteiger partial charge in [0.1, 0.15) is 95.5 Å². The second-order valence-electron chi connectivity index (χ2n) is 29.0. The quantitative estimate of drug-likeness (QED) is 0.0651. The predicted molar refractivity (Wildman–Crippen MR) is 399 cm³/mol. The number of hydrogen-bond donors (Lipinski definition) is 20. The Bertz CT molecular complexity index is 4710. The van der Waals surface area contributed by atoms with Gasteiger partial charge in [-0.1, -0.05) is 72.9 Å². The Morgan fingerprint density at radius 3 is 1.94 bits per heavy atom. The highest BCUT2D eigenvalue weighted by Crippen LogP contribution is 2.50. The minimum absolute atomic E-state index is 0.107. The molecule has 6 aromatic rings. The summed E-state index contributed by atoms with van der Waals surface area (Å²) in [5.41, 5.74) is 10.1. The number of amides is 9. The number of aliphatic hydroxyl groups excluding tert-OH is 6. The van der Waals surface area contributed by atoms with Crippen molar-refractivity contribution in [3.63, 3.8) is 0 Å². The average Bonchev–Trinajstić information content (AvgIpc) is 0.763. The van der Waals surface area contributed by atoms with Crippen LogP contribution in [0.2, 0.25) is 10.0 Å². The molecule has 9 amide bonds. The number of aromatic hydroxyl groups is 3. The number of nitrogens with one attached hydrogen (secondary N) is 9. The Balaban J connectivity index is 1.13. The number of carbonyl (C=O) groups is 9. The fourth-order valence-corrected chi connectivity index (χ4v) is 14.4. The van der Waals surface area contributed by atoms with Crippen LogP contribution in [0, 0.1) is 19.8 Å². The predicted octanol–water partition coefficient (Wildman–Crippen LogP) is 1.39. The molecular formula is C76H87Cl2N11O24. The number of fused-ring (bicyclic) bond motifs is 15. The molecule has 0 spiro atoms. The third kappa shape index (κ3) is 18.4. The molecule has 11 bridgehead atoms. The van der Waals surface area contributed by atoms with Crippen molar-refractivity contribution in [3.05, 3.63) is 146 Å². The third-order valence-corrected chi connectivity index (χ3v) is 20.5. The van der Waals surface area contributed by atoms with E-state index in [0.717, 1.165) is 72.3 Å². The van der Waals surface area contributed by atoms with Crippen molar-refractivity contribution in [2.75, 3.05) is 25.5 Å². The highest BCUT2D eigenvalue weighted by molar-refractivity contribution is 6.32. The molecule has 0 aromatic heterocycles. The van der Waals surface area contributed by atoms with Crippen molar-refractivity contribution in [1.29, 1.82) is 0 Å². The van der Waals surface area contributed by atoms with Gasteiger partial charge in [0.15, 0.2) is 23.9 Å². The normalized spacial score (nSPS) is 27.5. The van der Waals surface area contributed by atoms with E-state index in [0.29, 0.717) is 11.3 Å². The Morgan fingerprint density at radius 2 is 1.33 bits per heavy atom. The number of likely N-dealkylation sites (N-methyl/N-ethyl adjacent to an activating group) is 1. The smallest absolute Gasteiger partial charge is 0.248 e. The molecule has 7 aliphatic rings. The molecule has 13 rings (SSSR count). The number of carbonyl (C=O) groups excluding carboxylic acids is 9. The van der Waals surface area contributed by atoms with Gasteiger partial charge in [0.05, 0.1) is 47.9 Å². The van der Waals surface area contributed by atoms with Crippen molar-refractivity contribution in [2.45, 2.75) is 170 Å². The molecule has 0 aliphatic carbocycles. The van der Waals surface area contributed by atoms with Crippen molar-refractivity contribution < 1.29 is 118 Å². The average molecular weight is 1610 g/mol. The lowest BCUT2D eigenvalue weighted by molar-refractivity contribution is -0.333. The first-order valence-electron chi connectivity index (χ1n) is 35.8. The van der Waals surface area contributed by atoms with Gasteiger partial charge in [-0.05, 0) is 141 Å². The van der Waals surface area contributed by atoms with Crippen LogP contribution in [0.1, 0.15) is 116 Å². The van der Waals surface area contributed by atoms with Gasteiger partial charge in [-0.25, -0.2) is 0 Å². The minimum atomic E-state index is -2.37. The van der Waals surface area contributed by atoms with E-state index in [2.05, 4.69) is 47.9 Å². The van der Waals surface area contributed by atoms with E-state index in [4.69, 9.17) is 63.1 Å². The Labute approximate surface area is 655 Å². The minimum Gasteiger partial charge on any atom is -0.508 e. The van der Waals surface area contributed by atoms with E-state index in [1.54, 1.807) is 25.1 Å². The van der Waals surface area contributed by atoms with E-state index < -0.39 is 250 Å². The molecule has 7 heterocycles. The van der Waals surface area contributed by atoms with Crippen molar-refractivity contribution in [1.82, 2.24) is 42.5 Å². The molecule has 7 aliphatic heterocycles. The number of ether oxygens (including phenoxy) is 6. The SMILES string of the molecule is CN[C@H](CC(C)C)C(=O)N[C@H]1C(=O)N[C@@H](CC(N)=O)C(=O)NC2C(=O)N[C@H]3C(=O)N[C@H](C(=O)NC(C(=O)NCC(=O)Nc4ccc(C)cc4C)c4cc(O)cc(O)c4-c4cc3ccc4O)[C@H](O)c3ccc(c(Cl)c3)Oc3cc2cc(c3O[C@@H]2O[C@H](CO)[C@@H](O)[C@H](O)[C@H]2OC2C[C@](C)(N)[C@H](O)[C@H](C)O2)Oc2ccc(cc2Cl)[C@H]1O. The molecule has 18 atom stereocenters.